The number of pyridine rings is 1. The topological polar surface area (TPSA) is 125 Å². The molecule has 2 aromatic carbocycles. The van der Waals surface area contributed by atoms with E-state index in [1.807, 2.05) is 17.0 Å². The summed E-state index contributed by atoms with van der Waals surface area (Å²) in [5.74, 6) is 2.04. The molecule has 2 fully saturated rings. The van der Waals surface area contributed by atoms with Crippen molar-refractivity contribution in [3.8, 4) is 17.2 Å². The lowest BCUT2D eigenvalue weighted by atomic mass is 10.0. The molecule has 0 radical (unpaired) electrons. The molecule has 1 amide bonds. The molecule has 12 heteroatoms. The van der Waals surface area contributed by atoms with E-state index in [-0.39, 0.29) is 23.7 Å². The quantitative estimate of drug-likeness (QED) is 0.230. The van der Waals surface area contributed by atoms with Gasteiger partial charge in [-0.25, -0.2) is 19.3 Å². The van der Waals surface area contributed by atoms with Gasteiger partial charge in [-0.05, 0) is 49.6 Å². The van der Waals surface area contributed by atoms with E-state index in [1.165, 1.54) is 18.5 Å². The molecule has 2 aliphatic heterocycles. The number of rotatable bonds is 9. The Bertz CT molecular complexity index is 1680. The third-order valence-electron chi connectivity index (χ3n) is 7.93. The molecule has 4 aromatic rings. The maximum Gasteiger partial charge on any atom is 0.245 e. The van der Waals surface area contributed by atoms with Crippen LogP contribution in [0.3, 0.4) is 0 Å². The molecule has 11 nitrogen and oxygen atoms in total. The van der Waals surface area contributed by atoms with Crippen LogP contribution >= 0.6 is 0 Å². The van der Waals surface area contributed by atoms with E-state index < -0.39 is 5.82 Å². The summed E-state index contributed by atoms with van der Waals surface area (Å²) >= 11 is 0. The van der Waals surface area contributed by atoms with Crippen LogP contribution < -0.4 is 25.0 Å². The number of nitrogens with zero attached hydrogens (tertiary/aromatic N) is 5. The molecular weight excluding hydrogens is 565 g/mol. The second kappa shape index (κ2) is 12.7. The number of hydrogen-bond donors (Lipinski definition) is 3. The van der Waals surface area contributed by atoms with E-state index in [2.05, 4.69) is 32.2 Å². The molecular formula is C32H34FN7O4. The van der Waals surface area contributed by atoms with Crippen molar-refractivity contribution in [2.24, 2.45) is 0 Å². The summed E-state index contributed by atoms with van der Waals surface area (Å²) in [5, 5.41) is 17.2. The number of aromatic nitrogens is 3. The first-order valence-corrected chi connectivity index (χ1v) is 14.5. The second-order valence-electron chi connectivity index (χ2n) is 10.8. The van der Waals surface area contributed by atoms with Crippen molar-refractivity contribution in [2.45, 2.75) is 31.4 Å². The highest BCUT2D eigenvalue weighted by molar-refractivity contribution is 5.95. The normalized spacial score (nSPS) is 17.0. The van der Waals surface area contributed by atoms with Gasteiger partial charge in [-0.3, -0.25) is 4.79 Å². The minimum atomic E-state index is -0.515. The van der Waals surface area contributed by atoms with E-state index in [4.69, 9.17) is 9.47 Å². The molecule has 2 saturated heterocycles. The number of fused-ring (bicyclic) bond motifs is 1. The van der Waals surface area contributed by atoms with Crippen LogP contribution in [0, 0.1) is 5.82 Å². The summed E-state index contributed by atoms with van der Waals surface area (Å²) in [7, 11) is 1.60. The van der Waals surface area contributed by atoms with Gasteiger partial charge < -0.3 is 35.0 Å². The number of ether oxygens (including phenoxy) is 2. The molecule has 0 saturated carbocycles. The molecule has 228 valence electrons. The van der Waals surface area contributed by atoms with Gasteiger partial charge in [-0.15, -0.1) is 0 Å². The van der Waals surface area contributed by atoms with Gasteiger partial charge in [0.25, 0.3) is 0 Å². The summed E-state index contributed by atoms with van der Waals surface area (Å²) in [6.07, 6.45) is 6.27. The molecule has 44 heavy (non-hydrogen) atoms. The predicted molar refractivity (Wildman–Crippen MR) is 166 cm³/mol. The summed E-state index contributed by atoms with van der Waals surface area (Å²) in [5.41, 5.74) is 1.62. The number of hydrogen-bond acceptors (Lipinski definition) is 10. The van der Waals surface area contributed by atoms with Gasteiger partial charge in [0.1, 0.15) is 41.0 Å². The predicted octanol–water partition coefficient (Wildman–Crippen LogP) is 4.87. The number of nitrogens with one attached hydrogen (secondary N) is 2. The first kappa shape index (κ1) is 29.1. The van der Waals surface area contributed by atoms with E-state index in [0.717, 1.165) is 18.5 Å². The van der Waals surface area contributed by atoms with Crippen LogP contribution in [0.5, 0.6) is 17.2 Å². The summed E-state index contributed by atoms with van der Waals surface area (Å²) < 4.78 is 26.9. The molecule has 0 aliphatic carbocycles. The van der Waals surface area contributed by atoms with Crippen LogP contribution in [0.25, 0.3) is 10.9 Å². The Hall–Kier alpha value is -4.97. The summed E-state index contributed by atoms with van der Waals surface area (Å²) in [6.45, 7) is 6.08. The molecule has 0 bridgehead atoms. The number of amides is 1. The Kier molecular flexibility index (Phi) is 8.42. The van der Waals surface area contributed by atoms with Gasteiger partial charge in [0.15, 0.2) is 0 Å². The first-order valence-electron chi connectivity index (χ1n) is 14.5. The van der Waals surface area contributed by atoms with Crippen molar-refractivity contribution in [1.29, 1.82) is 0 Å². The molecule has 2 aliphatic rings. The van der Waals surface area contributed by atoms with Crippen molar-refractivity contribution in [3.05, 3.63) is 73.5 Å². The number of aliphatic hydroxyl groups is 1. The number of anilines is 4. The minimum absolute atomic E-state index is 0.0584. The third-order valence-corrected chi connectivity index (χ3v) is 7.93. The van der Waals surface area contributed by atoms with Gasteiger partial charge in [0.2, 0.25) is 5.91 Å². The first-order chi connectivity index (χ1) is 21.4. The Labute approximate surface area is 254 Å². The molecule has 0 unspecified atom stereocenters. The maximum absolute atomic E-state index is 15.3. The molecule has 0 spiro atoms. The van der Waals surface area contributed by atoms with Crippen LogP contribution in [0.15, 0.2) is 67.6 Å². The van der Waals surface area contributed by atoms with E-state index in [1.54, 1.807) is 42.5 Å². The van der Waals surface area contributed by atoms with Crippen molar-refractivity contribution in [1.82, 2.24) is 19.9 Å². The third kappa shape index (κ3) is 6.35. The lowest BCUT2D eigenvalue weighted by Gasteiger charge is -2.32. The Morgan fingerprint density at radius 2 is 1.86 bits per heavy atom. The largest absolute Gasteiger partial charge is 0.495 e. The lowest BCUT2D eigenvalue weighted by Crippen LogP contribution is -2.41. The maximum atomic E-state index is 15.3. The summed E-state index contributed by atoms with van der Waals surface area (Å²) in [6, 6.07) is 11.9. The van der Waals surface area contributed by atoms with Crippen molar-refractivity contribution < 1.29 is 23.8 Å². The Morgan fingerprint density at radius 1 is 1.05 bits per heavy atom. The zero-order chi connectivity index (χ0) is 30.6. The highest BCUT2D eigenvalue weighted by atomic mass is 19.1. The Morgan fingerprint density at radius 3 is 2.59 bits per heavy atom. The lowest BCUT2D eigenvalue weighted by molar-refractivity contribution is -0.126. The van der Waals surface area contributed by atoms with Crippen LogP contribution in [-0.4, -0.2) is 76.3 Å². The highest BCUT2D eigenvalue weighted by Gasteiger charge is 2.23. The van der Waals surface area contributed by atoms with E-state index >= 15 is 4.39 Å². The second-order valence-corrected chi connectivity index (χ2v) is 10.8. The average molecular weight is 600 g/mol. The molecule has 6 rings (SSSR count). The number of halogens is 1. The SMILES string of the molecule is C=CC(=O)N1CCC(Nc2cc3c(Nc4ccc(Oc5ccnc(N6CC[C@H](O)C6)c5)cc4F)ncnc3cc2OC)CC1. The van der Waals surface area contributed by atoms with E-state index in [0.29, 0.717) is 72.4 Å². The fourth-order valence-electron chi connectivity index (χ4n) is 5.57. The number of aliphatic hydroxyl groups excluding tert-OH is 1. The van der Waals surface area contributed by atoms with Crippen molar-refractivity contribution in [2.75, 3.05) is 48.8 Å². The monoisotopic (exact) mass is 599 g/mol. The van der Waals surface area contributed by atoms with Gasteiger partial charge in [0, 0.05) is 62.0 Å². The Balaban J connectivity index is 1.18. The standard InChI is InChI=1S/C32H34FN7O4/c1-3-31(42)39-11-7-20(8-12-39)37-28-16-24-27(17-29(28)43-2)35-19-36-32(24)38-26-5-4-22(14-25(26)33)44-23-6-10-34-30(15-23)40-13-9-21(41)18-40/h3-6,10,14-17,19-21,37,41H,1,7-9,11-13,18H2,2H3,(H,35,36,38)/t21-/m0/s1. The average Bonchev–Trinajstić information content (AvgIpc) is 3.48. The fraction of sp³-hybridized carbons (Fsp3) is 0.312. The number of β-amino-alcohol motifs (C(OH)–C–C–N with tert-alkyl or cyclic N) is 1. The molecule has 1 atom stereocenters. The van der Waals surface area contributed by atoms with Crippen LogP contribution in [-0.2, 0) is 4.79 Å². The van der Waals surface area contributed by atoms with Crippen LogP contribution in [0.4, 0.5) is 27.4 Å². The van der Waals surface area contributed by atoms with Crippen LogP contribution in [0.1, 0.15) is 19.3 Å². The number of benzene rings is 2. The number of methoxy groups -OCH3 is 1. The van der Waals surface area contributed by atoms with Gasteiger partial charge in [-0.1, -0.05) is 6.58 Å². The summed E-state index contributed by atoms with van der Waals surface area (Å²) in [4.78, 5) is 28.9. The number of likely N-dealkylation sites (tertiary alicyclic amines) is 1. The molecule has 4 heterocycles. The highest BCUT2D eigenvalue weighted by Crippen LogP contribution is 2.35. The number of piperidine rings is 1. The fourth-order valence-corrected chi connectivity index (χ4v) is 5.57. The van der Waals surface area contributed by atoms with Crippen LogP contribution in [0.2, 0.25) is 0 Å². The van der Waals surface area contributed by atoms with Crippen molar-refractivity contribution >= 4 is 39.8 Å². The number of carbonyl (C=O) groups is 1. The van der Waals surface area contributed by atoms with Crippen molar-refractivity contribution in [3.63, 3.8) is 0 Å². The zero-order valence-electron chi connectivity index (χ0n) is 24.4. The van der Waals surface area contributed by atoms with Gasteiger partial charge in [-0.2, -0.15) is 0 Å². The minimum Gasteiger partial charge on any atom is -0.495 e. The molecule has 2 aromatic heterocycles. The van der Waals surface area contributed by atoms with Gasteiger partial charge in [0.05, 0.1) is 30.1 Å². The van der Waals surface area contributed by atoms with E-state index in [9.17, 15) is 9.90 Å². The smallest absolute Gasteiger partial charge is 0.245 e. The zero-order valence-corrected chi connectivity index (χ0v) is 24.4. The van der Waals surface area contributed by atoms with Gasteiger partial charge >= 0.3 is 0 Å². The molecule has 3 N–H and O–H groups in total. The number of carbonyl (C=O) groups excluding carboxylic acids is 1.